The molecular weight excluding hydrogens is 294 g/mol. The first-order chi connectivity index (χ1) is 8.60. The summed E-state index contributed by atoms with van der Waals surface area (Å²) in [6.45, 7) is 4.06. The van der Waals surface area contributed by atoms with E-state index in [1.165, 1.54) is 0 Å². The number of aryl methyl sites for hydroxylation is 2. The third-order valence-corrected chi connectivity index (χ3v) is 3.79. The molecule has 0 atom stereocenters. The molecule has 1 aromatic carbocycles. The van der Waals surface area contributed by atoms with E-state index in [-0.39, 0.29) is 0 Å². The number of pyridine rings is 1. The molecule has 2 rings (SSSR count). The molecule has 0 aliphatic rings. The van der Waals surface area contributed by atoms with Crippen LogP contribution in [0.4, 0.5) is 0 Å². The first kappa shape index (κ1) is 12.9. The van der Waals surface area contributed by atoms with Gasteiger partial charge >= 0.3 is 0 Å². The first-order valence-corrected chi connectivity index (χ1v) is 6.35. The molecule has 0 saturated heterocycles. The summed E-state index contributed by atoms with van der Waals surface area (Å²) in [6.07, 6.45) is 0. The number of methoxy groups -OCH3 is 1. The highest BCUT2D eigenvalue weighted by atomic mass is 79.9. The van der Waals surface area contributed by atoms with Gasteiger partial charge in [0.05, 0.1) is 7.11 Å². The number of hydrogen-bond donors (Lipinski definition) is 0. The van der Waals surface area contributed by atoms with Gasteiger partial charge < -0.3 is 9.47 Å². The predicted molar refractivity (Wildman–Crippen MR) is 74.5 cm³/mol. The van der Waals surface area contributed by atoms with Crippen LogP contribution in [0.5, 0.6) is 17.5 Å². The Balaban J connectivity index is 2.28. The Kier molecular flexibility index (Phi) is 3.87. The van der Waals surface area contributed by atoms with Crippen LogP contribution < -0.4 is 9.47 Å². The van der Waals surface area contributed by atoms with E-state index in [2.05, 4.69) is 20.9 Å². The van der Waals surface area contributed by atoms with Crippen LogP contribution in [0.3, 0.4) is 0 Å². The van der Waals surface area contributed by atoms with Gasteiger partial charge in [0.1, 0.15) is 5.75 Å². The van der Waals surface area contributed by atoms with Crippen LogP contribution in [0.25, 0.3) is 0 Å². The van der Waals surface area contributed by atoms with Crippen molar-refractivity contribution in [1.29, 1.82) is 0 Å². The summed E-state index contributed by atoms with van der Waals surface area (Å²) in [5.41, 5.74) is 2.26. The lowest BCUT2D eigenvalue weighted by Crippen LogP contribution is -1.92. The monoisotopic (exact) mass is 307 g/mol. The third kappa shape index (κ3) is 2.82. The summed E-state index contributed by atoms with van der Waals surface area (Å²) < 4.78 is 11.9. The smallest absolute Gasteiger partial charge is 0.222 e. The lowest BCUT2D eigenvalue weighted by Gasteiger charge is -2.09. The Hall–Kier alpha value is -1.55. The Morgan fingerprint density at radius 1 is 1.06 bits per heavy atom. The second kappa shape index (κ2) is 5.40. The van der Waals surface area contributed by atoms with Crippen LogP contribution >= 0.6 is 15.9 Å². The van der Waals surface area contributed by atoms with E-state index in [9.17, 15) is 0 Å². The summed E-state index contributed by atoms with van der Waals surface area (Å²) >= 11 is 3.53. The normalized spacial score (nSPS) is 10.2. The summed E-state index contributed by atoms with van der Waals surface area (Å²) in [4.78, 5) is 4.21. The zero-order valence-electron chi connectivity index (χ0n) is 10.5. The van der Waals surface area contributed by atoms with Crippen LogP contribution in [0, 0.1) is 13.8 Å². The van der Waals surface area contributed by atoms with Crippen molar-refractivity contribution in [3.63, 3.8) is 0 Å². The molecule has 0 amide bonds. The number of nitrogens with zero attached hydrogens (tertiary/aromatic N) is 1. The molecule has 94 valence electrons. The molecule has 0 fully saturated rings. The summed E-state index contributed by atoms with van der Waals surface area (Å²) in [5, 5.41) is 0. The average molecular weight is 308 g/mol. The van der Waals surface area contributed by atoms with Gasteiger partial charge in [0.25, 0.3) is 0 Å². The van der Waals surface area contributed by atoms with Crippen molar-refractivity contribution in [3.05, 3.63) is 45.9 Å². The fourth-order valence-electron chi connectivity index (χ4n) is 1.65. The van der Waals surface area contributed by atoms with Crippen molar-refractivity contribution in [2.45, 2.75) is 13.8 Å². The van der Waals surface area contributed by atoms with Crippen LogP contribution in [-0.4, -0.2) is 12.1 Å². The molecule has 0 unspecified atom stereocenters. The highest BCUT2D eigenvalue weighted by molar-refractivity contribution is 9.10. The maximum Gasteiger partial charge on any atom is 0.222 e. The number of ether oxygens (including phenoxy) is 2. The number of hydrogen-bond acceptors (Lipinski definition) is 3. The molecule has 1 heterocycles. The molecule has 4 heteroatoms. The van der Waals surface area contributed by atoms with E-state index in [1.54, 1.807) is 19.2 Å². The van der Waals surface area contributed by atoms with E-state index in [1.807, 2.05) is 32.0 Å². The zero-order chi connectivity index (χ0) is 13.1. The molecule has 0 radical (unpaired) electrons. The SMILES string of the molecule is COc1cccc(Oc2cc(C)c(Br)c(C)c2)n1. The average Bonchev–Trinajstić information content (AvgIpc) is 2.36. The summed E-state index contributed by atoms with van der Waals surface area (Å²) in [6, 6.07) is 9.37. The molecule has 0 saturated carbocycles. The maximum atomic E-state index is 5.73. The molecule has 0 aliphatic carbocycles. The largest absolute Gasteiger partial charge is 0.481 e. The molecule has 0 aliphatic heterocycles. The number of benzene rings is 1. The standard InChI is InChI=1S/C14H14BrNO2/c1-9-7-11(8-10(2)14(9)15)18-13-6-4-5-12(16-13)17-3/h4-8H,1-3H3. The minimum absolute atomic E-state index is 0.524. The molecule has 0 spiro atoms. The topological polar surface area (TPSA) is 31.4 Å². The van der Waals surface area contributed by atoms with Crippen molar-refractivity contribution in [2.75, 3.05) is 7.11 Å². The van der Waals surface area contributed by atoms with Crippen LogP contribution in [0.2, 0.25) is 0 Å². The lowest BCUT2D eigenvalue weighted by molar-refractivity contribution is 0.383. The van der Waals surface area contributed by atoms with Gasteiger partial charge in [0, 0.05) is 16.6 Å². The van der Waals surface area contributed by atoms with Gasteiger partial charge in [-0.15, -0.1) is 0 Å². The molecule has 0 bridgehead atoms. The lowest BCUT2D eigenvalue weighted by atomic mass is 10.1. The zero-order valence-corrected chi connectivity index (χ0v) is 12.1. The van der Waals surface area contributed by atoms with E-state index in [0.29, 0.717) is 11.8 Å². The molecule has 2 aromatic rings. The minimum Gasteiger partial charge on any atom is -0.481 e. The Labute approximate surface area is 115 Å². The van der Waals surface area contributed by atoms with Crippen LogP contribution in [0.1, 0.15) is 11.1 Å². The van der Waals surface area contributed by atoms with Gasteiger partial charge in [-0.05, 0) is 37.1 Å². The Morgan fingerprint density at radius 2 is 1.67 bits per heavy atom. The predicted octanol–water partition coefficient (Wildman–Crippen LogP) is 4.26. The summed E-state index contributed by atoms with van der Waals surface area (Å²) in [5.74, 6) is 1.84. The highest BCUT2D eigenvalue weighted by Gasteiger charge is 2.05. The molecule has 18 heavy (non-hydrogen) atoms. The molecule has 3 nitrogen and oxygen atoms in total. The second-order valence-electron chi connectivity index (χ2n) is 3.99. The Bertz CT molecular complexity index is 546. The van der Waals surface area contributed by atoms with Crippen molar-refractivity contribution < 1.29 is 9.47 Å². The number of halogens is 1. The highest BCUT2D eigenvalue weighted by Crippen LogP contribution is 2.29. The summed E-state index contributed by atoms with van der Waals surface area (Å²) in [7, 11) is 1.58. The quantitative estimate of drug-likeness (QED) is 0.849. The van der Waals surface area contributed by atoms with Gasteiger partial charge in [-0.25, -0.2) is 0 Å². The number of aromatic nitrogens is 1. The molecule has 1 aromatic heterocycles. The van der Waals surface area contributed by atoms with E-state index < -0.39 is 0 Å². The fraction of sp³-hybridized carbons (Fsp3) is 0.214. The second-order valence-corrected chi connectivity index (χ2v) is 4.78. The molecule has 0 N–H and O–H groups in total. The van der Waals surface area contributed by atoms with Crippen molar-refractivity contribution in [1.82, 2.24) is 4.98 Å². The van der Waals surface area contributed by atoms with E-state index >= 15 is 0 Å². The van der Waals surface area contributed by atoms with Gasteiger partial charge in [-0.2, -0.15) is 4.98 Å². The molecular formula is C14H14BrNO2. The van der Waals surface area contributed by atoms with Gasteiger partial charge in [-0.1, -0.05) is 22.0 Å². The van der Waals surface area contributed by atoms with Gasteiger partial charge in [0.15, 0.2) is 0 Å². The van der Waals surface area contributed by atoms with Crippen molar-refractivity contribution in [2.24, 2.45) is 0 Å². The first-order valence-electron chi connectivity index (χ1n) is 5.56. The maximum absolute atomic E-state index is 5.73. The van der Waals surface area contributed by atoms with Gasteiger partial charge in [0.2, 0.25) is 11.8 Å². The number of rotatable bonds is 3. The van der Waals surface area contributed by atoms with Crippen LogP contribution in [-0.2, 0) is 0 Å². The van der Waals surface area contributed by atoms with E-state index in [0.717, 1.165) is 21.3 Å². The minimum atomic E-state index is 0.524. The van der Waals surface area contributed by atoms with Crippen molar-refractivity contribution in [3.8, 4) is 17.5 Å². The van der Waals surface area contributed by atoms with Gasteiger partial charge in [-0.3, -0.25) is 0 Å². The van der Waals surface area contributed by atoms with Crippen LogP contribution in [0.15, 0.2) is 34.8 Å². The van der Waals surface area contributed by atoms with E-state index in [4.69, 9.17) is 9.47 Å². The van der Waals surface area contributed by atoms with Crippen molar-refractivity contribution >= 4 is 15.9 Å². The third-order valence-electron chi connectivity index (χ3n) is 2.54. The Morgan fingerprint density at radius 3 is 2.28 bits per heavy atom. The fourth-order valence-corrected chi connectivity index (χ4v) is 1.88.